The SMILES string of the molecule is COc1ccc(C)cc1CC(C)(C#N)CO. The molecule has 0 fully saturated rings. The molecule has 0 bridgehead atoms. The first-order chi connectivity index (χ1) is 7.54. The van der Waals surface area contributed by atoms with E-state index in [1.165, 1.54) is 0 Å². The van der Waals surface area contributed by atoms with Crippen molar-refractivity contribution >= 4 is 0 Å². The minimum absolute atomic E-state index is 0.152. The first-order valence-corrected chi connectivity index (χ1v) is 5.20. The van der Waals surface area contributed by atoms with Crippen LogP contribution in [0.15, 0.2) is 18.2 Å². The number of aliphatic hydroxyl groups excluding tert-OH is 1. The van der Waals surface area contributed by atoms with Crippen molar-refractivity contribution < 1.29 is 9.84 Å². The number of benzene rings is 1. The summed E-state index contributed by atoms with van der Waals surface area (Å²) < 4.78 is 5.24. The summed E-state index contributed by atoms with van der Waals surface area (Å²) in [5, 5.41) is 18.2. The van der Waals surface area contributed by atoms with E-state index in [1.54, 1.807) is 14.0 Å². The molecule has 1 atom stereocenters. The Morgan fingerprint density at radius 2 is 2.19 bits per heavy atom. The van der Waals surface area contributed by atoms with E-state index in [2.05, 4.69) is 6.07 Å². The lowest BCUT2D eigenvalue weighted by Crippen LogP contribution is -2.22. The zero-order chi connectivity index (χ0) is 12.2. The van der Waals surface area contributed by atoms with Crippen LogP contribution in [0.2, 0.25) is 0 Å². The number of methoxy groups -OCH3 is 1. The summed E-state index contributed by atoms with van der Waals surface area (Å²) in [6, 6.07) is 7.98. The van der Waals surface area contributed by atoms with E-state index in [1.807, 2.05) is 25.1 Å². The second kappa shape index (κ2) is 5.00. The Labute approximate surface area is 96.3 Å². The molecule has 0 radical (unpaired) electrons. The van der Waals surface area contributed by atoms with E-state index in [0.29, 0.717) is 6.42 Å². The molecule has 0 heterocycles. The highest BCUT2D eigenvalue weighted by molar-refractivity contribution is 5.38. The molecule has 0 aliphatic carbocycles. The second-order valence-corrected chi connectivity index (χ2v) is 4.32. The number of nitrogens with zero attached hydrogens (tertiary/aromatic N) is 1. The number of hydrogen-bond donors (Lipinski definition) is 1. The Bertz CT molecular complexity index is 409. The highest BCUT2D eigenvalue weighted by Crippen LogP contribution is 2.28. The largest absolute Gasteiger partial charge is 0.496 e. The fraction of sp³-hybridized carbons (Fsp3) is 0.462. The maximum atomic E-state index is 9.22. The number of nitriles is 1. The van der Waals surface area contributed by atoms with Gasteiger partial charge in [-0.15, -0.1) is 0 Å². The quantitative estimate of drug-likeness (QED) is 0.843. The molecular formula is C13H17NO2. The van der Waals surface area contributed by atoms with Crippen molar-refractivity contribution in [3.05, 3.63) is 29.3 Å². The molecular weight excluding hydrogens is 202 g/mol. The molecule has 3 heteroatoms. The van der Waals surface area contributed by atoms with Gasteiger partial charge >= 0.3 is 0 Å². The Balaban J connectivity index is 3.04. The van der Waals surface area contributed by atoms with E-state index in [-0.39, 0.29) is 6.61 Å². The van der Waals surface area contributed by atoms with Gasteiger partial charge in [-0.2, -0.15) is 5.26 Å². The summed E-state index contributed by atoms with van der Waals surface area (Å²) >= 11 is 0. The van der Waals surface area contributed by atoms with Gasteiger partial charge in [0.05, 0.1) is 25.2 Å². The van der Waals surface area contributed by atoms with Crippen LogP contribution in [0.1, 0.15) is 18.1 Å². The molecule has 1 N–H and O–H groups in total. The van der Waals surface area contributed by atoms with Gasteiger partial charge in [0.2, 0.25) is 0 Å². The Kier molecular flexibility index (Phi) is 3.92. The van der Waals surface area contributed by atoms with Crippen molar-refractivity contribution in [1.29, 1.82) is 5.26 Å². The Morgan fingerprint density at radius 3 is 2.69 bits per heavy atom. The summed E-state index contributed by atoms with van der Waals surface area (Å²) in [6.07, 6.45) is 0.491. The fourth-order valence-corrected chi connectivity index (χ4v) is 1.60. The van der Waals surface area contributed by atoms with Crippen LogP contribution >= 0.6 is 0 Å². The molecule has 0 aliphatic heterocycles. The van der Waals surface area contributed by atoms with Gasteiger partial charge < -0.3 is 9.84 Å². The highest BCUT2D eigenvalue weighted by atomic mass is 16.5. The third-order valence-corrected chi connectivity index (χ3v) is 2.64. The average molecular weight is 219 g/mol. The molecule has 0 aliphatic rings. The van der Waals surface area contributed by atoms with Crippen LogP contribution in [-0.2, 0) is 6.42 Å². The summed E-state index contributed by atoms with van der Waals surface area (Å²) in [4.78, 5) is 0. The monoisotopic (exact) mass is 219 g/mol. The van der Waals surface area contributed by atoms with Gasteiger partial charge in [-0.05, 0) is 31.9 Å². The summed E-state index contributed by atoms with van der Waals surface area (Å²) in [5.41, 5.74) is 1.33. The zero-order valence-electron chi connectivity index (χ0n) is 9.95. The van der Waals surface area contributed by atoms with Crippen LogP contribution in [-0.4, -0.2) is 18.8 Å². The zero-order valence-corrected chi connectivity index (χ0v) is 9.95. The van der Waals surface area contributed by atoms with Gasteiger partial charge in [0, 0.05) is 0 Å². The van der Waals surface area contributed by atoms with Gasteiger partial charge in [0.25, 0.3) is 0 Å². The molecule has 0 saturated carbocycles. The maximum Gasteiger partial charge on any atom is 0.122 e. The average Bonchev–Trinajstić information content (AvgIpc) is 2.29. The normalized spacial score (nSPS) is 13.9. The predicted molar refractivity (Wildman–Crippen MR) is 62.2 cm³/mol. The lowest BCUT2D eigenvalue weighted by Gasteiger charge is -2.20. The first kappa shape index (κ1) is 12.5. The third-order valence-electron chi connectivity index (χ3n) is 2.64. The number of ether oxygens (including phenoxy) is 1. The predicted octanol–water partition coefficient (Wildman–Crippen LogP) is 2.07. The van der Waals surface area contributed by atoms with Crippen molar-refractivity contribution in [1.82, 2.24) is 0 Å². The van der Waals surface area contributed by atoms with Crippen LogP contribution in [0, 0.1) is 23.7 Å². The molecule has 86 valence electrons. The van der Waals surface area contributed by atoms with Crippen LogP contribution < -0.4 is 4.74 Å². The topological polar surface area (TPSA) is 53.2 Å². The first-order valence-electron chi connectivity index (χ1n) is 5.20. The maximum absolute atomic E-state index is 9.22. The molecule has 0 amide bonds. The molecule has 1 aromatic rings. The molecule has 3 nitrogen and oxygen atoms in total. The smallest absolute Gasteiger partial charge is 0.122 e. The van der Waals surface area contributed by atoms with Gasteiger partial charge in [-0.1, -0.05) is 17.7 Å². The van der Waals surface area contributed by atoms with E-state index < -0.39 is 5.41 Å². The van der Waals surface area contributed by atoms with Gasteiger partial charge in [-0.3, -0.25) is 0 Å². The van der Waals surface area contributed by atoms with Crippen LogP contribution in [0.25, 0.3) is 0 Å². The number of aliphatic hydroxyl groups is 1. The number of hydrogen-bond acceptors (Lipinski definition) is 3. The molecule has 1 unspecified atom stereocenters. The van der Waals surface area contributed by atoms with Crippen LogP contribution in [0.4, 0.5) is 0 Å². The standard InChI is InChI=1S/C13H17NO2/c1-10-4-5-12(16-3)11(6-10)7-13(2,8-14)9-15/h4-6,15H,7,9H2,1-3H3. The highest BCUT2D eigenvalue weighted by Gasteiger charge is 2.24. The van der Waals surface area contributed by atoms with Crippen LogP contribution in [0.3, 0.4) is 0 Å². The molecule has 0 aromatic heterocycles. The molecule has 0 spiro atoms. The van der Waals surface area contributed by atoms with Crippen molar-refractivity contribution in [3.8, 4) is 11.8 Å². The minimum Gasteiger partial charge on any atom is -0.496 e. The summed E-state index contributed by atoms with van der Waals surface area (Å²) in [5.74, 6) is 0.764. The lowest BCUT2D eigenvalue weighted by molar-refractivity contribution is 0.189. The molecule has 16 heavy (non-hydrogen) atoms. The number of aryl methyl sites for hydroxylation is 1. The van der Waals surface area contributed by atoms with Gasteiger partial charge in [0.15, 0.2) is 0 Å². The third kappa shape index (κ3) is 2.74. The number of rotatable bonds is 4. The Morgan fingerprint density at radius 1 is 1.50 bits per heavy atom. The van der Waals surface area contributed by atoms with E-state index in [9.17, 15) is 5.11 Å². The van der Waals surface area contributed by atoms with Crippen molar-refractivity contribution in [2.45, 2.75) is 20.3 Å². The van der Waals surface area contributed by atoms with E-state index in [4.69, 9.17) is 10.00 Å². The lowest BCUT2D eigenvalue weighted by atomic mass is 9.85. The van der Waals surface area contributed by atoms with Crippen molar-refractivity contribution in [2.24, 2.45) is 5.41 Å². The molecule has 1 rings (SSSR count). The summed E-state index contributed by atoms with van der Waals surface area (Å²) in [7, 11) is 1.61. The van der Waals surface area contributed by atoms with E-state index >= 15 is 0 Å². The molecule has 1 aromatic carbocycles. The Hall–Kier alpha value is -1.53. The summed E-state index contributed by atoms with van der Waals surface area (Å²) in [6.45, 7) is 3.58. The molecule has 0 saturated heterocycles. The second-order valence-electron chi connectivity index (χ2n) is 4.32. The van der Waals surface area contributed by atoms with Crippen molar-refractivity contribution in [3.63, 3.8) is 0 Å². The minimum atomic E-state index is -0.749. The van der Waals surface area contributed by atoms with Crippen molar-refractivity contribution in [2.75, 3.05) is 13.7 Å². The van der Waals surface area contributed by atoms with E-state index in [0.717, 1.165) is 16.9 Å². The van der Waals surface area contributed by atoms with Gasteiger partial charge in [0.1, 0.15) is 5.75 Å². The fourth-order valence-electron chi connectivity index (χ4n) is 1.60. The van der Waals surface area contributed by atoms with Gasteiger partial charge in [-0.25, -0.2) is 0 Å². The van der Waals surface area contributed by atoms with Crippen LogP contribution in [0.5, 0.6) is 5.75 Å².